The highest BCUT2D eigenvalue weighted by molar-refractivity contribution is 7.53. The van der Waals surface area contributed by atoms with Gasteiger partial charge in [-0.25, -0.2) is 19.7 Å². The normalized spacial score (nSPS) is 30.6. The van der Waals surface area contributed by atoms with Crippen LogP contribution in [0, 0.1) is 0 Å². The first-order chi connectivity index (χ1) is 18.6. The molecule has 8 atom stereocenters. The molecule has 2 aliphatic heterocycles. The number of aliphatic hydroxyl groups excluding tert-OH is 2. The molecule has 5 heterocycles. The van der Waals surface area contributed by atoms with Crippen LogP contribution < -0.4 is 17.0 Å². The van der Waals surface area contributed by atoms with Gasteiger partial charge in [0.25, 0.3) is 5.56 Å². The Bertz CT molecular complexity index is 1490. The number of nitrogens with two attached hydrogens (primary N) is 1. The third-order valence-electron chi connectivity index (χ3n) is 6.55. The molecule has 5 rings (SSSR count). The van der Waals surface area contributed by atoms with Crippen LogP contribution in [0.25, 0.3) is 11.2 Å². The van der Waals surface area contributed by atoms with Gasteiger partial charge >= 0.3 is 13.3 Å². The molecule has 6 unspecified atom stereocenters. The molecule has 39 heavy (non-hydrogen) atoms. The van der Waals surface area contributed by atoms with Crippen LogP contribution in [0.15, 0.2) is 34.5 Å². The standard InChI is InChI=1S/C21H28N7O10P/c1-34-17-16(11(6-29)37-20(17)27-4-3-13(31)26-21(27)32)38-39(2,33)35-7-12-10(30)5-14(36-12)28-9-25-15-18(22)23-8-24-19(15)28/h3-4,8-12,14,16-17,20,29-30H,5-7H2,1-2H3,(H2,22,23,24)(H,26,31,32)/t10-,11?,12?,14-,16?,17?,20?,39?/m1/s1. The number of H-pyrrole nitrogens is 1. The summed E-state index contributed by atoms with van der Waals surface area (Å²) in [5.74, 6) is 0.209. The molecule has 17 nitrogen and oxygen atoms in total. The first-order valence-electron chi connectivity index (χ1n) is 11.9. The molecule has 18 heteroatoms. The molecule has 0 bridgehead atoms. The number of aromatic amines is 1. The Morgan fingerprint density at radius 3 is 2.72 bits per heavy atom. The van der Waals surface area contributed by atoms with Crippen LogP contribution >= 0.6 is 7.60 Å². The summed E-state index contributed by atoms with van der Waals surface area (Å²) in [4.78, 5) is 38.1. The minimum absolute atomic E-state index is 0.183. The number of methoxy groups -OCH3 is 1. The fourth-order valence-corrected chi connectivity index (χ4v) is 5.84. The van der Waals surface area contributed by atoms with Crippen LogP contribution in [-0.4, -0.2) is 96.8 Å². The van der Waals surface area contributed by atoms with Crippen molar-refractivity contribution in [2.24, 2.45) is 0 Å². The van der Waals surface area contributed by atoms with Gasteiger partial charge in [-0.05, 0) is 0 Å². The van der Waals surface area contributed by atoms with Crippen LogP contribution in [0.2, 0.25) is 0 Å². The van der Waals surface area contributed by atoms with E-state index in [1.807, 2.05) is 0 Å². The van der Waals surface area contributed by atoms with Crippen LogP contribution in [0.5, 0.6) is 0 Å². The number of hydrogen-bond donors (Lipinski definition) is 4. The van der Waals surface area contributed by atoms with E-state index in [9.17, 15) is 24.4 Å². The molecule has 0 amide bonds. The second-order valence-corrected chi connectivity index (χ2v) is 11.1. The smallest absolute Gasteiger partial charge is 0.330 e. The third-order valence-corrected chi connectivity index (χ3v) is 7.80. The molecule has 0 aliphatic carbocycles. The van der Waals surface area contributed by atoms with Gasteiger partial charge in [-0.15, -0.1) is 0 Å². The number of anilines is 1. The Balaban J connectivity index is 1.26. The molecular formula is C21H28N7O10P. The molecule has 0 spiro atoms. The van der Waals surface area contributed by atoms with Crippen LogP contribution in [0.1, 0.15) is 18.9 Å². The maximum atomic E-state index is 13.3. The zero-order valence-electron chi connectivity index (χ0n) is 20.9. The van der Waals surface area contributed by atoms with E-state index in [0.717, 1.165) is 10.6 Å². The number of fused-ring (bicyclic) bond motifs is 1. The Labute approximate surface area is 220 Å². The van der Waals surface area contributed by atoms with Crippen LogP contribution in [0.3, 0.4) is 0 Å². The summed E-state index contributed by atoms with van der Waals surface area (Å²) >= 11 is 0. The van der Waals surface area contributed by atoms with Crippen molar-refractivity contribution in [3.8, 4) is 0 Å². The van der Waals surface area contributed by atoms with Gasteiger partial charge in [0.15, 0.2) is 17.7 Å². The van der Waals surface area contributed by atoms with Crippen LogP contribution in [-0.2, 0) is 27.8 Å². The Kier molecular flexibility index (Phi) is 7.67. The van der Waals surface area contributed by atoms with Crippen LogP contribution in [0.4, 0.5) is 5.82 Å². The zero-order valence-corrected chi connectivity index (χ0v) is 21.8. The molecule has 3 aromatic heterocycles. The van der Waals surface area contributed by atoms with E-state index in [2.05, 4.69) is 19.9 Å². The van der Waals surface area contributed by atoms with Gasteiger partial charge in [-0.2, -0.15) is 0 Å². The van der Waals surface area contributed by atoms with E-state index in [4.69, 9.17) is 29.0 Å². The van der Waals surface area contributed by atoms with Gasteiger partial charge in [0.05, 0.1) is 25.6 Å². The summed E-state index contributed by atoms with van der Waals surface area (Å²) in [6.07, 6.45) is -2.51. The molecule has 0 saturated carbocycles. The van der Waals surface area contributed by atoms with Gasteiger partial charge in [0.2, 0.25) is 0 Å². The second-order valence-electron chi connectivity index (χ2n) is 9.12. The van der Waals surface area contributed by atoms with Crippen molar-refractivity contribution in [2.45, 2.75) is 49.4 Å². The number of aromatic nitrogens is 6. The summed E-state index contributed by atoms with van der Waals surface area (Å²) in [7, 11) is -2.52. The Morgan fingerprint density at radius 2 is 2.00 bits per heavy atom. The largest absolute Gasteiger partial charge is 0.394 e. The fraction of sp³-hybridized carbons (Fsp3) is 0.571. The maximum Gasteiger partial charge on any atom is 0.330 e. The average molecular weight is 569 g/mol. The lowest BCUT2D eigenvalue weighted by Gasteiger charge is -2.26. The van der Waals surface area contributed by atoms with E-state index in [1.54, 1.807) is 4.57 Å². The monoisotopic (exact) mass is 569 g/mol. The predicted octanol–water partition coefficient (Wildman–Crippen LogP) is -1.26. The highest BCUT2D eigenvalue weighted by Gasteiger charge is 2.49. The summed E-state index contributed by atoms with van der Waals surface area (Å²) in [5.41, 5.74) is 5.31. The Hall–Kier alpha value is -3.02. The highest BCUT2D eigenvalue weighted by Crippen LogP contribution is 2.50. The van der Waals surface area contributed by atoms with Crippen molar-refractivity contribution in [3.63, 3.8) is 0 Å². The molecule has 5 N–H and O–H groups in total. The maximum absolute atomic E-state index is 13.3. The average Bonchev–Trinajstić information content (AvgIpc) is 3.58. The molecule has 212 valence electrons. The molecule has 3 aromatic rings. The zero-order chi connectivity index (χ0) is 27.9. The lowest BCUT2D eigenvalue weighted by molar-refractivity contribution is -0.0625. The Morgan fingerprint density at radius 1 is 1.21 bits per heavy atom. The lowest BCUT2D eigenvalue weighted by atomic mass is 10.1. The fourth-order valence-electron chi connectivity index (χ4n) is 4.66. The van der Waals surface area contributed by atoms with E-state index < -0.39 is 68.4 Å². The van der Waals surface area contributed by atoms with Gasteiger partial charge < -0.3 is 34.7 Å². The first kappa shape index (κ1) is 27.5. The number of nitrogens with zero attached hydrogens (tertiary/aromatic N) is 5. The number of aliphatic hydroxyl groups is 2. The minimum Gasteiger partial charge on any atom is -0.394 e. The lowest BCUT2D eigenvalue weighted by Crippen LogP contribution is -2.40. The van der Waals surface area contributed by atoms with E-state index in [1.165, 1.54) is 32.6 Å². The van der Waals surface area contributed by atoms with Crippen molar-refractivity contribution in [2.75, 3.05) is 32.7 Å². The third kappa shape index (κ3) is 5.39. The summed E-state index contributed by atoms with van der Waals surface area (Å²) in [6, 6.07) is 1.13. The van der Waals surface area contributed by atoms with Gasteiger partial charge in [0.1, 0.15) is 42.5 Å². The number of nitrogen functional groups attached to an aromatic ring is 1. The summed E-state index contributed by atoms with van der Waals surface area (Å²) in [5, 5.41) is 20.4. The van der Waals surface area contributed by atoms with Gasteiger partial charge in [0, 0.05) is 32.5 Å². The molecular weight excluding hydrogens is 541 g/mol. The van der Waals surface area contributed by atoms with Crippen molar-refractivity contribution in [3.05, 3.63) is 45.8 Å². The van der Waals surface area contributed by atoms with E-state index >= 15 is 0 Å². The second kappa shape index (κ2) is 10.9. The van der Waals surface area contributed by atoms with Gasteiger partial charge in [-0.3, -0.25) is 28.0 Å². The predicted molar refractivity (Wildman–Crippen MR) is 132 cm³/mol. The molecule has 0 radical (unpaired) electrons. The SMILES string of the molecule is COC1C(OP(C)(=O)OCC2O[C@@H](n3cnc4c(N)ncnc43)C[C@H]2O)C(CO)OC1n1ccc(=O)[nH]c1=O. The molecule has 0 aromatic carbocycles. The minimum atomic E-state index is -3.85. The molecule has 2 aliphatic rings. The van der Waals surface area contributed by atoms with Crippen molar-refractivity contribution < 1.29 is 38.0 Å². The number of imidazole rings is 1. The van der Waals surface area contributed by atoms with Crippen molar-refractivity contribution >= 4 is 24.6 Å². The van der Waals surface area contributed by atoms with Gasteiger partial charge in [-0.1, -0.05) is 0 Å². The summed E-state index contributed by atoms with van der Waals surface area (Å²) in [6.45, 7) is 0.390. The van der Waals surface area contributed by atoms with E-state index in [0.29, 0.717) is 11.2 Å². The van der Waals surface area contributed by atoms with Crippen molar-refractivity contribution in [1.82, 2.24) is 29.1 Å². The number of ether oxygens (including phenoxy) is 3. The quantitative estimate of drug-likeness (QED) is 0.221. The number of hydrogen-bond acceptors (Lipinski definition) is 14. The van der Waals surface area contributed by atoms with E-state index in [-0.39, 0.29) is 18.8 Å². The first-order valence-corrected chi connectivity index (χ1v) is 13.9. The molecule has 2 fully saturated rings. The number of nitrogens with one attached hydrogen (secondary N) is 1. The molecule has 2 saturated heterocycles. The highest BCUT2D eigenvalue weighted by atomic mass is 31.2. The van der Waals surface area contributed by atoms with Crippen molar-refractivity contribution in [1.29, 1.82) is 0 Å². The topological polar surface area (TPSA) is 228 Å². The number of rotatable bonds is 9. The summed E-state index contributed by atoms with van der Waals surface area (Å²) < 4.78 is 44.4.